The second-order valence-corrected chi connectivity index (χ2v) is 5.82. The van der Waals surface area contributed by atoms with Crippen LogP contribution in [0.4, 0.5) is 15.8 Å². The minimum atomic E-state index is -0.554. The van der Waals surface area contributed by atoms with Crippen LogP contribution in [-0.2, 0) is 0 Å². The normalized spacial score (nSPS) is 17.0. The predicted molar refractivity (Wildman–Crippen MR) is 87.2 cm³/mol. The van der Waals surface area contributed by atoms with E-state index in [4.69, 9.17) is 5.73 Å². The van der Waals surface area contributed by atoms with E-state index in [1.54, 1.807) is 17.0 Å². The molecule has 6 nitrogen and oxygen atoms in total. The van der Waals surface area contributed by atoms with Crippen LogP contribution in [0.1, 0.15) is 28.3 Å². The van der Waals surface area contributed by atoms with Gasteiger partial charge in [-0.2, -0.15) is 0 Å². The Labute approximate surface area is 137 Å². The van der Waals surface area contributed by atoms with Gasteiger partial charge >= 0.3 is 0 Å². The third kappa shape index (κ3) is 3.05. The number of carbonyl (C=O) groups is 1. The molecule has 2 N–H and O–H groups in total. The number of nitrogen functional groups attached to an aromatic ring is 1. The van der Waals surface area contributed by atoms with Gasteiger partial charge in [-0.05, 0) is 30.2 Å². The Hall–Kier alpha value is -2.96. The SMILES string of the molecule is Nc1ccc([N+](=O)[O-])cc1C(=O)N1CC[C@@H](c2ccc(F)cc2)C1. The van der Waals surface area contributed by atoms with Gasteiger partial charge < -0.3 is 10.6 Å². The maximum absolute atomic E-state index is 13.0. The average molecular weight is 329 g/mol. The number of carbonyl (C=O) groups excluding carboxylic acids is 1. The van der Waals surface area contributed by atoms with E-state index in [1.165, 1.54) is 30.3 Å². The third-order valence-corrected chi connectivity index (χ3v) is 4.29. The highest BCUT2D eigenvalue weighted by Crippen LogP contribution is 2.30. The molecule has 1 atom stereocenters. The molecule has 1 amide bonds. The van der Waals surface area contributed by atoms with Crippen molar-refractivity contribution in [2.75, 3.05) is 18.8 Å². The lowest BCUT2D eigenvalue weighted by molar-refractivity contribution is -0.384. The molecule has 3 rings (SSSR count). The molecule has 124 valence electrons. The summed E-state index contributed by atoms with van der Waals surface area (Å²) in [7, 11) is 0. The molecule has 1 saturated heterocycles. The van der Waals surface area contributed by atoms with Crippen molar-refractivity contribution < 1.29 is 14.1 Å². The van der Waals surface area contributed by atoms with Crippen LogP contribution >= 0.6 is 0 Å². The zero-order chi connectivity index (χ0) is 17.3. The number of nitrogens with zero attached hydrogens (tertiary/aromatic N) is 2. The quantitative estimate of drug-likeness (QED) is 0.532. The van der Waals surface area contributed by atoms with Crippen LogP contribution in [0.15, 0.2) is 42.5 Å². The summed E-state index contributed by atoms with van der Waals surface area (Å²) in [5, 5.41) is 10.9. The first-order valence-corrected chi connectivity index (χ1v) is 7.54. The number of rotatable bonds is 3. The lowest BCUT2D eigenvalue weighted by Crippen LogP contribution is -2.29. The Morgan fingerprint density at radius 2 is 1.96 bits per heavy atom. The molecule has 0 bridgehead atoms. The van der Waals surface area contributed by atoms with Crippen LogP contribution in [0.25, 0.3) is 0 Å². The first-order chi connectivity index (χ1) is 11.5. The molecule has 1 aliphatic heterocycles. The Morgan fingerprint density at radius 3 is 2.62 bits per heavy atom. The van der Waals surface area contributed by atoms with Gasteiger partial charge in [0.1, 0.15) is 5.82 Å². The minimum Gasteiger partial charge on any atom is -0.398 e. The number of nitro groups is 1. The fourth-order valence-corrected chi connectivity index (χ4v) is 2.97. The second-order valence-electron chi connectivity index (χ2n) is 5.82. The van der Waals surface area contributed by atoms with Crippen LogP contribution in [0.3, 0.4) is 0 Å². The van der Waals surface area contributed by atoms with E-state index in [9.17, 15) is 19.3 Å². The summed E-state index contributed by atoms with van der Waals surface area (Å²) in [5.74, 6) is -0.496. The van der Waals surface area contributed by atoms with Crippen LogP contribution in [0.2, 0.25) is 0 Å². The minimum absolute atomic E-state index is 0.120. The fraction of sp³-hybridized carbons (Fsp3) is 0.235. The number of nitro benzene ring substituents is 1. The van der Waals surface area contributed by atoms with Gasteiger partial charge in [0, 0.05) is 36.8 Å². The molecule has 1 aliphatic rings. The van der Waals surface area contributed by atoms with E-state index < -0.39 is 4.92 Å². The highest BCUT2D eigenvalue weighted by molar-refractivity contribution is 6.00. The van der Waals surface area contributed by atoms with Crippen LogP contribution in [-0.4, -0.2) is 28.8 Å². The molecule has 0 spiro atoms. The monoisotopic (exact) mass is 329 g/mol. The largest absolute Gasteiger partial charge is 0.398 e. The number of hydrogen-bond acceptors (Lipinski definition) is 4. The molecular weight excluding hydrogens is 313 g/mol. The Balaban J connectivity index is 1.78. The highest BCUT2D eigenvalue weighted by Gasteiger charge is 2.29. The van der Waals surface area contributed by atoms with Crippen molar-refractivity contribution in [2.24, 2.45) is 0 Å². The van der Waals surface area contributed by atoms with Gasteiger partial charge in [0.05, 0.1) is 10.5 Å². The van der Waals surface area contributed by atoms with Crippen molar-refractivity contribution in [3.63, 3.8) is 0 Å². The number of hydrogen-bond donors (Lipinski definition) is 1. The van der Waals surface area contributed by atoms with Crippen molar-refractivity contribution >= 4 is 17.3 Å². The van der Waals surface area contributed by atoms with Gasteiger partial charge in [-0.3, -0.25) is 14.9 Å². The summed E-state index contributed by atoms with van der Waals surface area (Å²) in [6.07, 6.45) is 0.756. The predicted octanol–water partition coefficient (Wildman–Crippen LogP) is 2.95. The van der Waals surface area contributed by atoms with Crippen molar-refractivity contribution in [3.8, 4) is 0 Å². The van der Waals surface area contributed by atoms with Crippen molar-refractivity contribution in [1.29, 1.82) is 0 Å². The van der Waals surface area contributed by atoms with Gasteiger partial charge in [-0.1, -0.05) is 12.1 Å². The van der Waals surface area contributed by atoms with E-state index in [0.717, 1.165) is 12.0 Å². The number of halogens is 1. The zero-order valence-corrected chi connectivity index (χ0v) is 12.8. The lowest BCUT2D eigenvalue weighted by Gasteiger charge is -2.17. The first kappa shape index (κ1) is 15.9. The maximum Gasteiger partial charge on any atom is 0.270 e. The third-order valence-electron chi connectivity index (χ3n) is 4.29. The van der Waals surface area contributed by atoms with Gasteiger partial charge in [-0.25, -0.2) is 4.39 Å². The standard InChI is InChI=1S/C17H16FN3O3/c18-13-3-1-11(2-4-13)12-7-8-20(10-12)17(22)15-9-14(21(23)24)5-6-16(15)19/h1-6,9,12H,7-8,10,19H2/t12-/m1/s1. The van der Waals surface area contributed by atoms with Crippen molar-refractivity contribution in [2.45, 2.75) is 12.3 Å². The van der Waals surface area contributed by atoms with Crippen molar-refractivity contribution in [3.05, 3.63) is 69.5 Å². The summed E-state index contributed by atoms with van der Waals surface area (Å²) in [5.41, 5.74) is 6.98. The molecule has 0 aliphatic carbocycles. The van der Waals surface area contributed by atoms with Gasteiger partial charge in [0.15, 0.2) is 0 Å². The molecule has 1 heterocycles. The molecule has 24 heavy (non-hydrogen) atoms. The number of nitrogens with two attached hydrogens (primary N) is 1. The van der Waals surface area contributed by atoms with Gasteiger partial charge in [0.2, 0.25) is 0 Å². The summed E-state index contributed by atoms with van der Waals surface area (Å²) in [6.45, 7) is 1.01. The first-order valence-electron chi connectivity index (χ1n) is 7.54. The second kappa shape index (κ2) is 6.27. The number of non-ortho nitro benzene ring substituents is 1. The lowest BCUT2D eigenvalue weighted by atomic mass is 9.98. The number of amides is 1. The fourth-order valence-electron chi connectivity index (χ4n) is 2.97. The summed E-state index contributed by atoms with van der Waals surface area (Å²) >= 11 is 0. The molecule has 2 aromatic carbocycles. The highest BCUT2D eigenvalue weighted by atomic mass is 19.1. The van der Waals surface area contributed by atoms with E-state index in [1.807, 2.05) is 0 Å². The Morgan fingerprint density at radius 1 is 1.25 bits per heavy atom. The maximum atomic E-state index is 13.0. The van der Waals surface area contributed by atoms with E-state index >= 15 is 0 Å². The molecule has 0 unspecified atom stereocenters. The molecule has 0 radical (unpaired) electrons. The summed E-state index contributed by atoms with van der Waals surface area (Å²) < 4.78 is 13.0. The Kier molecular flexibility index (Phi) is 4.16. The molecule has 7 heteroatoms. The van der Waals surface area contributed by atoms with Crippen LogP contribution in [0.5, 0.6) is 0 Å². The van der Waals surface area contributed by atoms with Gasteiger partial charge in [0.25, 0.3) is 11.6 Å². The van der Waals surface area contributed by atoms with E-state index in [0.29, 0.717) is 13.1 Å². The number of anilines is 1. The summed E-state index contributed by atoms with van der Waals surface area (Å²) in [4.78, 5) is 24.6. The van der Waals surface area contributed by atoms with Crippen LogP contribution < -0.4 is 5.73 Å². The summed E-state index contributed by atoms with van der Waals surface area (Å²) in [6, 6.07) is 10.1. The van der Waals surface area contributed by atoms with Gasteiger partial charge in [-0.15, -0.1) is 0 Å². The number of benzene rings is 2. The van der Waals surface area contributed by atoms with Crippen LogP contribution in [0, 0.1) is 15.9 Å². The molecule has 2 aromatic rings. The van der Waals surface area contributed by atoms with E-state index in [2.05, 4.69) is 0 Å². The van der Waals surface area contributed by atoms with E-state index in [-0.39, 0.29) is 34.6 Å². The Bertz CT molecular complexity index is 792. The van der Waals surface area contributed by atoms with Crippen molar-refractivity contribution in [1.82, 2.24) is 4.90 Å². The topological polar surface area (TPSA) is 89.5 Å². The average Bonchev–Trinajstić information content (AvgIpc) is 3.05. The smallest absolute Gasteiger partial charge is 0.270 e. The zero-order valence-electron chi connectivity index (χ0n) is 12.8. The molecular formula is C17H16FN3O3. The number of likely N-dealkylation sites (tertiary alicyclic amines) is 1. The molecule has 1 fully saturated rings. The molecule has 0 aromatic heterocycles. The molecule has 0 saturated carbocycles.